The first-order chi connectivity index (χ1) is 12.8. The van der Waals surface area contributed by atoms with E-state index in [1.807, 2.05) is 42.6 Å². The zero-order valence-electron chi connectivity index (χ0n) is 15.1. The van der Waals surface area contributed by atoms with Gasteiger partial charge < -0.3 is 20.4 Å². The average Bonchev–Trinajstić information content (AvgIpc) is 3.01. The van der Waals surface area contributed by atoms with Gasteiger partial charge in [0.05, 0.1) is 29.5 Å². The molecule has 27 heavy (non-hydrogen) atoms. The standard InChI is InChI=1S/C18H20FN7O/c1-18(2,13-8-21-14-5-3-4-6-26(13)14)24-16(27)11-9-25(10-11)15-12(19)7-22-17(20)23-15/h3-8,11H,9-10H2,1-2H3,(H,24,27)(H2,20,22,23). The fourth-order valence-electron chi connectivity index (χ4n) is 3.28. The van der Waals surface area contributed by atoms with Crippen molar-refractivity contribution in [2.45, 2.75) is 19.4 Å². The molecule has 3 aromatic rings. The van der Waals surface area contributed by atoms with Crippen LogP contribution in [0.4, 0.5) is 16.2 Å². The van der Waals surface area contributed by atoms with Gasteiger partial charge in [-0.15, -0.1) is 0 Å². The number of nitrogen functional groups attached to an aromatic ring is 1. The predicted molar refractivity (Wildman–Crippen MR) is 98.5 cm³/mol. The molecule has 4 rings (SSSR count). The van der Waals surface area contributed by atoms with Gasteiger partial charge in [0.15, 0.2) is 11.6 Å². The number of carbonyl (C=O) groups is 1. The highest BCUT2D eigenvalue weighted by atomic mass is 19.1. The molecule has 140 valence electrons. The van der Waals surface area contributed by atoms with Crippen molar-refractivity contribution in [2.75, 3.05) is 23.7 Å². The van der Waals surface area contributed by atoms with Gasteiger partial charge in [-0.3, -0.25) is 4.79 Å². The maximum absolute atomic E-state index is 13.8. The highest BCUT2D eigenvalue weighted by Gasteiger charge is 2.38. The van der Waals surface area contributed by atoms with Crippen molar-refractivity contribution in [1.82, 2.24) is 24.7 Å². The second-order valence-corrected chi connectivity index (χ2v) is 7.19. The van der Waals surface area contributed by atoms with Gasteiger partial charge in [0.1, 0.15) is 5.65 Å². The minimum atomic E-state index is -0.608. The lowest BCUT2D eigenvalue weighted by Gasteiger charge is -2.40. The molecular weight excluding hydrogens is 349 g/mol. The molecule has 1 aliphatic rings. The van der Waals surface area contributed by atoms with E-state index in [4.69, 9.17) is 5.73 Å². The summed E-state index contributed by atoms with van der Waals surface area (Å²) in [4.78, 5) is 26.3. The van der Waals surface area contributed by atoms with Crippen LogP contribution < -0.4 is 16.0 Å². The van der Waals surface area contributed by atoms with E-state index in [0.717, 1.165) is 17.5 Å². The minimum Gasteiger partial charge on any atom is -0.368 e. The van der Waals surface area contributed by atoms with Crippen LogP contribution in [0.25, 0.3) is 5.65 Å². The van der Waals surface area contributed by atoms with E-state index in [1.54, 1.807) is 11.1 Å². The zero-order chi connectivity index (χ0) is 19.2. The molecule has 1 amide bonds. The normalized spacial score (nSPS) is 15.0. The molecule has 0 unspecified atom stereocenters. The topological polar surface area (TPSA) is 101 Å². The minimum absolute atomic E-state index is 0.00745. The Morgan fingerprint density at radius 1 is 1.30 bits per heavy atom. The van der Waals surface area contributed by atoms with Gasteiger partial charge in [0, 0.05) is 19.3 Å². The van der Waals surface area contributed by atoms with Crippen molar-refractivity contribution < 1.29 is 9.18 Å². The molecule has 1 fully saturated rings. The van der Waals surface area contributed by atoms with Crippen LogP contribution in [0.2, 0.25) is 0 Å². The summed E-state index contributed by atoms with van der Waals surface area (Å²) in [5.41, 5.74) is 6.62. The molecule has 0 radical (unpaired) electrons. The first kappa shape index (κ1) is 17.2. The van der Waals surface area contributed by atoms with E-state index in [2.05, 4.69) is 20.3 Å². The Labute approximate surface area is 155 Å². The zero-order valence-corrected chi connectivity index (χ0v) is 15.1. The van der Waals surface area contributed by atoms with Crippen LogP contribution in [0.15, 0.2) is 36.8 Å². The SMILES string of the molecule is CC(C)(NC(=O)C1CN(c2nc(N)ncc2F)C1)c1cnc2ccccn12. The Balaban J connectivity index is 1.45. The number of rotatable bonds is 4. The van der Waals surface area contributed by atoms with E-state index in [1.165, 1.54) is 0 Å². The molecule has 3 aromatic heterocycles. The van der Waals surface area contributed by atoms with Crippen molar-refractivity contribution in [3.63, 3.8) is 0 Å². The quantitative estimate of drug-likeness (QED) is 0.720. The molecular formula is C18H20FN7O. The Hall–Kier alpha value is -3.23. The monoisotopic (exact) mass is 369 g/mol. The van der Waals surface area contributed by atoms with Crippen LogP contribution in [0.3, 0.4) is 0 Å². The number of aromatic nitrogens is 4. The molecule has 0 saturated carbocycles. The number of hydrogen-bond acceptors (Lipinski definition) is 6. The Kier molecular flexibility index (Phi) is 3.94. The second kappa shape index (κ2) is 6.19. The van der Waals surface area contributed by atoms with Crippen LogP contribution in [0.1, 0.15) is 19.5 Å². The fraction of sp³-hybridized carbons (Fsp3) is 0.333. The number of fused-ring (bicyclic) bond motifs is 1. The van der Waals surface area contributed by atoms with Gasteiger partial charge in [-0.25, -0.2) is 14.4 Å². The maximum atomic E-state index is 13.8. The molecule has 0 atom stereocenters. The first-order valence-electron chi connectivity index (χ1n) is 8.63. The Morgan fingerprint density at radius 2 is 2.07 bits per heavy atom. The smallest absolute Gasteiger partial charge is 0.227 e. The molecule has 4 heterocycles. The lowest BCUT2D eigenvalue weighted by Crippen LogP contribution is -2.57. The molecule has 0 aliphatic carbocycles. The summed E-state index contributed by atoms with van der Waals surface area (Å²) in [7, 11) is 0. The van der Waals surface area contributed by atoms with E-state index < -0.39 is 11.4 Å². The fourth-order valence-corrected chi connectivity index (χ4v) is 3.28. The number of nitrogens with two attached hydrogens (primary N) is 1. The van der Waals surface area contributed by atoms with Crippen LogP contribution >= 0.6 is 0 Å². The highest BCUT2D eigenvalue weighted by molar-refractivity contribution is 5.82. The number of nitrogens with one attached hydrogen (secondary N) is 1. The third kappa shape index (κ3) is 3.05. The number of anilines is 2. The van der Waals surface area contributed by atoms with E-state index in [0.29, 0.717) is 13.1 Å². The maximum Gasteiger partial charge on any atom is 0.227 e. The number of carbonyl (C=O) groups excluding carboxylic acids is 1. The lowest BCUT2D eigenvalue weighted by atomic mass is 9.95. The van der Waals surface area contributed by atoms with E-state index in [9.17, 15) is 9.18 Å². The summed E-state index contributed by atoms with van der Waals surface area (Å²) in [5.74, 6) is -0.752. The van der Waals surface area contributed by atoms with Crippen molar-refractivity contribution in [1.29, 1.82) is 0 Å². The van der Waals surface area contributed by atoms with Crippen LogP contribution in [0.5, 0.6) is 0 Å². The third-order valence-electron chi connectivity index (χ3n) is 4.79. The molecule has 1 saturated heterocycles. The first-order valence-corrected chi connectivity index (χ1v) is 8.63. The van der Waals surface area contributed by atoms with Gasteiger partial charge in [-0.2, -0.15) is 4.98 Å². The number of nitrogens with zero attached hydrogens (tertiary/aromatic N) is 5. The van der Waals surface area contributed by atoms with Crippen molar-refractivity contribution in [3.05, 3.63) is 48.3 Å². The molecule has 3 N–H and O–H groups in total. The van der Waals surface area contributed by atoms with Crippen molar-refractivity contribution >= 4 is 23.3 Å². The lowest BCUT2D eigenvalue weighted by molar-refractivity contribution is -0.127. The van der Waals surface area contributed by atoms with Gasteiger partial charge >= 0.3 is 0 Å². The summed E-state index contributed by atoms with van der Waals surface area (Å²) in [5, 5.41) is 3.07. The van der Waals surface area contributed by atoms with E-state index >= 15 is 0 Å². The predicted octanol–water partition coefficient (Wildman–Crippen LogP) is 1.33. The summed E-state index contributed by atoms with van der Waals surface area (Å²) in [6, 6.07) is 5.74. The highest BCUT2D eigenvalue weighted by Crippen LogP contribution is 2.27. The third-order valence-corrected chi connectivity index (χ3v) is 4.79. The van der Waals surface area contributed by atoms with E-state index in [-0.39, 0.29) is 23.6 Å². The number of amides is 1. The average molecular weight is 369 g/mol. The van der Waals surface area contributed by atoms with Crippen LogP contribution in [-0.4, -0.2) is 38.3 Å². The second-order valence-electron chi connectivity index (χ2n) is 7.19. The number of hydrogen-bond donors (Lipinski definition) is 2. The molecule has 0 bridgehead atoms. The van der Waals surface area contributed by atoms with Gasteiger partial charge in [0.25, 0.3) is 0 Å². The molecule has 0 aromatic carbocycles. The van der Waals surface area contributed by atoms with Gasteiger partial charge in [-0.05, 0) is 26.0 Å². The number of pyridine rings is 1. The Morgan fingerprint density at radius 3 is 2.85 bits per heavy atom. The van der Waals surface area contributed by atoms with Gasteiger partial charge in [-0.1, -0.05) is 6.07 Å². The van der Waals surface area contributed by atoms with Crippen molar-refractivity contribution in [2.24, 2.45) is 5.92 Å². The summed E-state index contributed by atoms with van der Waals surface area (Å²) in [6.45, 7) is 4.62. The largest absolute Gasteiger partial charge is 0.368 e. The molecule has 9 heteroatoms. The molecule has 0 spiro atoms. The van der Waals surface area contributed by atoms with Gasteiger partial charge in [0.2, 0.25) is 11.9 Å². The van der Waals surface area contributed by atoms with Crippen LogP contribution in [-0.2, 0) is 10.3 Å². The summed E-state index contributed by atoms with van der Waals surface area (Å²) < 4.78 is 15.8. The molecule has 8 nitrogen and oxygen atoms in total. The summed E-state index contributed by atoms with van der Waals surface area (Å²) in [6.07, 6.45) is 4.72. The Bertz CT molecular complexity index is 1010. The van der Waals surface area contributed by atoms with Crippen molar-refractivity contribution in [3.8, 4) is 0 Å². The molecule has 1 aliphatic heterocycles. The number of imidazole rings is 1. The number of halogens is 1. The van der Waals surface area contributed by atoms with Crippen LogP contribution in [0, 0.1) is 11.7 Å². The summed E-state index contributed by atoms with van der Waals surface area (Å²) >= 11 is 0.